The normalized spacial score (nSPS) is 21.1. The van der Waals surface area contributed by atoms with Crippen molar-refractivity contribution in [3.63, 3.8) is 0 Å². The number of carbonyl (C=O) groups excluding carboxylic acids is 1. The van der Waals surface area contributed by atoms with Gasteiger partial charge in [0.05, 0.1) is 5.56 Å². The van der Waals surface area contributed by atoms with Crippen molar-refractivity contribution in [2.75, 3.05) is 20.1 Å². The van der Waals surface area contributed by atoms with E-state index in [9.17, 15) is 14.0 Å². The number of hydrogen-bond donors (Lipinski definition) is 1. The topological polar surface area (TPSA) is 86.6 Å². The second-order valence-electron chi connectivity index (χ2n) is 7.76. The van der Waals surface area contributed by atoms with Crippen LogP contribution in [0.3, 0.4) is 0 Å². The molecular formula is C19H17Cl2FN6O2. The monoisotopic (exact) mass is 450 g/mol. The number of fused-ring (bicyclic) bond motifs is 3. The van der Waals surface area contributed by atoms with Crippen molar-refractivity contribution in [3.8, 4) is 0 Å². The molecule has 2 aliphatic heterocycles. The van der Waals surface area contributed by atoms with Crippen molar-refractivity contribution in [1.29, 1.82) is 0 Å². The molecular weight excluding hydrogens is 434 g/mol. The number of rotatable bonds is 3. The van der Waals surface area contributed by atoms with Crippen LogP contribution in [0, 0.1) is 5.82 Å². The first kappa shape index (κ1) is 19.5. The van der Waals surface area contributed by atoms with Crippen LogP contribution in [0.1, 0.15) is 28.0 Å². The second kappa shape index (κ2) is 7.04. The third-order valence-electron chi connectivity index (χ3n) is 5.94. The van der Waals surface area contributed by atoms with Crippen LogP contribution in [0.25, 0.3) is 5.65 Å². The molecule has 0 radical (unpaired) electrons. The fourth-order valence-corrected chi connectivity index (χ4v) is 4.76. The van der Waals surface area contributed by atoms with Crippen molar-refractivity contribution in [2.24, 2.45) is 0 Å². The molecule has 2 aliphatic rings. The molecule has 3 aromatic rings. The van der Waals surface area contributed by atoms with E-state index in [-0.39, 0.29) is 39.9 Å². The van der Waals surface area contributed by atoms with E-state index >= 15 is 0 Å². The smallest absolute Gasteiger partial charge is 0.333 e. The summed E-state index contributed by atoms with van der Waals surface area (Å²) in [5, 5.41) is 6.36. The summed E-state index contributed by atoms with van der Waals surface area (Å²) >= 11 is 12.0. The lowest BCUT2D eigenvalue weighted by molar-refractivity contribution is 0.0645. The molecule has 2 bridgehead atoms. The van der Waals surface area contributed by atoms with Gasteiger partial charge in [-0.2, -0.15) is 5.10 Å². The summed E-state index contributed by atoms with van der Waals surface area (Å²) in [5.41, 5.74) is 0.726. The van der Waals surface area contributed by atoms with Crippen LogP contribution < -0.4 is 5.69 Å². The quantitative estimate of drug-likeness (QED) is 0.659. The Kier molecular flexibility index (Phi) is 4.57. The third-order valence-corrected chi connectivity index (χ3v) is 6.65. The summed E-state index contributed by atoms with van der Waals surface area (Å²) in [4.78, 5) is 33.1. The Morgan fingerprint density at radius 1 is 1.30 bits per heavy atom. The van der Waals surface area contributed by atoms with Crippen LogP contribution in [-0.2, 0) is 6.42 Å². The molecule has 1 aromatic carbocycles. The first-order valence-electron chi connectivity index (χ1n) is 9.44. The number of carbonyl (C=O) groups is 1. The van der Waals surface area contributed by atoms with E-state index in [1.807, 2.05) is 7.05 Å². The number of likely N-dealkylation sites (N-methyl/N-ethyl adjacent to an activating group) is 1. The fraction of sp³-hybridized carbons (Fsp3) is 0.368. The van der Waals surface area contributed by atoms with Crippen LogP contribution in [0.2, 0.25) is 10.3 Å². The second-order valence-corrected chi connectivity index (χ2v) is 8.48. The van der Waals surface area contributed by atoms with Gasteiger partial charge in [-0.3, -0.25) is 9.69 Å². The number of likely N-dealkylation sites (tertiary alicyclic amines) is 2. The highest BCUT2D eigenvalue weighted by Gasteiger charge is 2.44. The van der Waals surface area contributed by atoms with E-state index in [1.54, 1.807) is 11.0 Å². The average molecular weight is 451 g/mol. The lowest BCUT2D eigenvalue weighted by Gasteiger charge is -2.32. The maximum Gasteiger partial charge on any atom is 0.348 e. The molecule has 2 fully saturated rings. The standard InChI is InChI=1S/C19H17Cl2FN6O2/c1-26-7-11-6-10(26)8-27(11)18(29)12-4-9(2-3-13(12)22)5-14-17-23-15(20)16(21)28(17)19(30)25-24-14/h2-4,10-11H,5-8H2,1H3,(H,25,30). The highest BCUT2D eigenvalue weighted by Crippen LogP contribution is 2.31. The molecule has 5 rings (SSSR count). The fourth-order valence-electron chi connectivity index (χ4n) is 4.40. The predicted octanol–water partition coefficient (Wildman–Crippen LogP) is 1.98. The Morgan fingerprint density at radius 3 is 2.80 bits per heavy atom. The molecule has 30 heavy (non-hydrogen) atoms. The lowest BCUT2D eigenvalue weighted by Crippen LogP contribution is -2.47. The summed E-state index contributed by atoms with van der Waals surface area (Å²) in [6.45, 7) is 1.41. The van der Waals surface area contributed by atoms with Gasteiger partial charge in [0, 0.05) is 31.6 Å². The number of nitrogens with one attached hydrogen (secondary N) is 1. The molecule has 1 amide bonds. The number of nitrogens with zero attached hydrogens (tertiary/aromatic N) is 5. The zero-order valence-corrected chi connectivity index (χ0v) is 17.4. The van der Waals surface area contributed by atoms with Gasteiger partial charge >= 0.3 is 5.69 Å². The number of piperazine rings is 1. The van der Waals surface area contributed by atoms with Crippen LogP contribution in [-0.4, -0.2) is 67.5 Å². The van der Waals surface area contributed by atoms with Gasteiger partial charge in [0.1, 0.15) is 11.5 Å². The molecule has 8 nitrogen and oxygen atoms in total. The van der Waals surface area contributed by atoms with Gasteiger partial charge in [-0.1, -0.05) is 29.3 Å². The molecule has 2 unspecified atom stereocenters. The number of H-pyrrole nitrogens is 1. The molecule has 1 N–H and O–H groups in total. The maximum atomic E-state index is 14.5. The summed E-state index contributed by atoms with van der Waals surface area (Å²) in [7, 11) is 2.04. The van der Waals surface area contributed by atoms with E-state index in [2.05, 4.69) is 20.1 Å². The lowest BCUT2D eigenvalue weighted by atomic mass is 10.0. The van der Waals surface area contributed by atoms with Gasteiger partial charge in [-0.05, 0) is 31.2 Å². The number of aromatic amines is 1. The molecule has 2 atom stereocenters. The Balaban J connectivity index is 1.47. The third kappa shape index (κ3) is 3.00. The highest BCUT2D eigenvalue weighted by molar-refractivity contribution is 6.40. The van der Waals surface area contributed by atoms with Gasteiger partial charge in [-0.15, -0.1) is 0 Å². The summed E-state index contributed by atoms with van der Waals surface area (Å²) in [5.74, 6) is -0.868. The Labute approximate surface area is 180 Å². The van der Waals surface area contributed by atoms with Gasteiger partial charge in [-0.25, -0.2) is 23.7 Å². The van der Waals surface area contributed by atoms with E-state index < -0.39 is 11.5 Å². The van der Waals surface area contributed by atoms with Crippen LogP contribution >= 0.6 is 23.2 Å². The maximum absolute atomic E-state index is 14.5. The predicted molar refractivity (Wildman–Crippen MR) is 109 cm³/mol. The highest BCUT2D eigenvalue weighted by atomic mass is 35.5. The number of halogens is 3. The molecule has 11 heteroatoms. The van der Waals surface area contributed by atoms with E-state index in [0.29, 0.717) is 23.8 Å². The Morgan fingerprint density at radius 2 is 2.10 bits per heavy atom. The number of aromatic nitrogens is 4. The van der Waals surface area contributed by atoms with E-state index in [1.165, 1.54) is 12.1 Å². The number of imidazole rings is 1. The van der Waals surface area contributed by atoms with Crippen molar-refractivity contribution in [1.82, 2.24) is 29.4 Å². The molecule has 2 saturated heterocycles. The minimum Gasteiger partial charge on any atom is -0.333 e. The number of hydrogen-bond acceptors (Lipinski definition) is 5. The summed E-state index contributed by atoms with van der Waals surface area (Å²) < 4.78 is 15.6. The van der Waals surface area contributed by atoms with Crippen LogP contribution in [0.15, 0.2) is 23.0 Å². The molecule has 0 spiro atoms. The molecule has 2 aromatic heterocycles. The molecule has 156 valence electrons. The molecule has 0 aliphatic carbocycles. The molecule has 4 heterocycles. The summed E-state index contributed by atoms with van der Waals surface area (Å²) in [6, 6.07) is 4.83. The largest absolute Gasteiger partial charge is 0.348 e. The zero-order chi connectivity index (χ0) is 21.2. The van der Waals surface area contributed by atoms with Gasteiger partial charge < -0.3 is 4.90 Å². The van der Waals surface area contributed by atoms with Gasteiger partial charge in [0.25, 0.3) is 5.91 Å². The average Bonchev–Trinajstić information content (AvgIpc) is 3.38. The number of amides is 1. The zero-order valence-electron chi connectivity index (χ0n) is 15.9. The first-order chi connectivity index (χ1) is 14.3. The Hall–Kier alpha value is -2.49. The van der Waals surface area contributed by atoms with Crippen molar-refractivity contribution >= 4 is 34.8 Å². The van der Waals surface area contributed by atoms with Crippen LogP contribution in [0.5, 0.6) is 0 Å². The van der Waals surface area contributed by atoms with Crippen LogP contribution in [0.4, 0.5) is 4.39 Å². The molecule has 0 saturated carbocycles. The van der Waals surface area contributed by atoms with Gasteiger partial charge in [0.2, 0.25) is 0 Å². The van der Waals surface area contributed by atoms with E-state index in [4.69, 9.17) is 23.2 Å². The SMILES string of the molecule is CN1CC2CC1CN2C(=O)c1cc(Cc2n[nH]c(=O)n3c(Cl)c(Cl)nc23)ccc1F. The van der Waals surface area contributed by atoms with Crippen molar-refractivity contribution in [2.45, 2.75) is 24.9 Å². The van der Waals surface area contributed by atoms with Crippen molar-refractivity contribution < 1.29 is 9.18 Å². The first-order valence-corrected chi connectivity index (χ1v) is 10.2. The number of benzene rings is 1. The minimum absolute atomic E-state index is 0.0133. The van der Waals surface area contributed by atoms with Gasteiger partial charge in [0.15, 0.2) is 16.0 Å². The minimum atomic E-state index is -0.567. The van der Waals surface area contributed by atoms with E-state index in [0.717, 1.165) is 17.4 Å². The van der Waals surface area contributed by atoms with Crippen molar-refractivity contribution in [3.05, 3.63) is 61.6 Å². The Bertz CT molecular complexity index is 1240. The summed E-state index contributed by atoms with van der Waals surface area (Å²) in [6.07, 6.45) is 1.13.